The highest BCUT2D eigenvalue weighted by molar-refractivity contribution is 5.73. The number of esters is 1. The zero-order valence-corrected chi connectivity index (χ0v) is 22.7. The van der Waals surface area contributed by atoms with Gasteiger partial charge in [0.25, 0.3) is 0 Å². The number of alkyl carbamates (subject to hydrolysis) is 1. The number of nitrogens with one attached hydrogen (secondary N) is 1. The first kappa shape index (κ1) is 27.2. The predicted molar refractivity (Wildman–Crippen MR) is 147 cm³/mol. The van der Waals surface area contributed by atoms with Gasteiger partial charge in [0.1, 0.15) is 18.0 Å². The highest BCUT2D eigenvalue weighted by atomic mass is 16.6. The van der Waals surface area contributed by atoms with Crippen LogP contribution in [0.5, 0.6) is 5.75 Å². The van der Waals surface area contributed by atoms with Crippen LogP contribution in [0, 0.1) is 0 Å². The number of ether oxygens (including phenoxy) is 3. The molecule has 38 heavy (non-hydrogen) atoms. The molecule has 4 rings (SSSR count). The summed E-state index contributed by atoms with van der Waals surface area (Å²) < 4.78 is 16.6. The molecule has 200 valence electrons. The summed E-state index contributed by atoms with van der Waals surface area (Å²) in [5.41, 5.74) is 6.37. The van der Waals surface area contributed by atoms with Gasteiger partial charge in [-0.2, -0.15) is 0 Å². The molecule has 1 atom stereocenters. The highest BCUT2D eigenvalue weighted by Gasteiger charge is 2.26. The van der Waals surface area contributed by atoms with E-state index in [4.69, 9.17) is 14.2 Å². The number of hydrogen-bond acceptors (Lipinski definition) is 5. The molecule has 1 amide bonds. The van der Waals surface area contributed by atoms with Gasteiger partial charge >= 0.3 is 12.1 Å². The molecule has 6 heteroatoms. The topological polar surface area (TPSA) is 73.9 Å². The molecule has 0 saturated carbocycles. The van der Waals surface area contributed by atoms with Gasteiger partial charge in [-0.15, -0.1) is 0 Å². The molecule has 3 aromatic carbocycles. The molecule has 0 bridgehead atoms. The van der Waals surface area contributed by atoms with Crippen molar-refractivity contribution in [3.8, 4) is 5.75 Å². The Balaban J connectivity index is 1.43. The van der Waals surface area contributed by atoms with Crippen LogP contribution in [-0.2, 0) is 40.3 Å². The summed E-state index contributed by atoms with van der Waals surface area (Å²) in [4.78, 5) is 24.2. The Kier molecular flexibility index (Phi) is 8.72. The lowest BCUT2D eigenvalue weighted by molar-refractivity contribution is -0.142. The molecule has 1 N–H and O–H groups in total. The summed E-state index contributed by atoms with van der Waals surface area (Å²) in [5, 5.41) is 2.90. The van der Waals surface area contributed by atoms with Crippen molar-refractivity contribution in [3.05, 3.63) is 100 Å². The average Bonchev–Trinajstić information content (AvgIpc) is 3.29. The zero-order chi connectivity index (χ0) is 27.1. The van der Waals surface area contributed by atoms with E-state index in [0.717, 1.165) is 29.5 Å². The average molecular weight is 516 g/mol. The normalized spacial score (nSPS) is 14.5. The number of carbonyl (C=O) groups excluding carboxylic acids is 2. The molecule has 1 unspecified atom stereocenters. The number of hydrogen-bond donors (Lipinski definition) is 1. The van der Waals surface area contributed by atoms with Crippen LogP contribution in [0.25, 0.3) is 0 Å². The monoisotopic (exact) mass is 515 g/mol. The summed E-state index contributed by atoms with van der Waals surface area (Å²) in [6, 6.07) is 22.4. The number of para-hydroxylation sites is 1. The Bertz CT molecular complexity index is 1280. The van der Waals surface area contributed by atoms with E-state index in [1.165, 1.54) is 16.7 Å². The van der Waals surface area contributed by atoms with Gasteiger partial charge in [-0.05, 0) is 74.4 Å². The summed E-state index contributed by atoms with van der Waals surface area (Å²) >= 11 is 0. The number of carbonyl (C=O) groups is 2. The van der Waals surface area contributed by atoms with Crippen molar-refractivity contribution in [3.63, 3.8) is 0 Å². The van der Waals surface area contributed by atoms with Gasteiger partial charge in [0, 0.05) is 18.0 Å². The van der Waals surface area contributed by atoms with Crippen molar-refractivity contribution in [2.24, 2.45) is 0 Å². The van der Waals surface area contributed by atoms with Gasteiger partial charge in [-0.3, -0.25) is 4.79 Å². The van der Waals surface area contributed by atoms with Crippen LogP contribution in [0.15, 0.2) is 66.7 Å². The third-order valence-electron chi connectivity index (χ3n) is 6.54. The quantitative estimate of drug-likeness (QED) is 0.331. The number of aryl methyl sites for hydroxylation is 1. The molecular formula is C32H37NO5. The maximum absolute atomic E-state index is 12.2. The maximum Gasteiger partial charge on any atom is 0.407 e. The Morgan fingerprint density at radius 1 is 0.947 bits per heavy atom. The predicted octanol–water partition coefficient (Wildman–Crippen LogP) is 6.47. The lowest BCUT2D eigenvalue weighted by atomic mass is 9.89. The standard InChI is InChI=1S/C32H37NO5/c1-5-36-30(34)19-24-10-7-9-13-29(24)37-21-22-14-16-27-23(18-22)15-17-28(27)26-12-8-6-11-25(26)20-33-31(35)38-32(2,3)4/h6-14,16,18,28H,5,15,17,19-21H2,1-4H3,(H,33,35). The van der Waals surface area contributed by atoms with E-state index in [9.17, 15) is 9.59 Å². The minimum absolute atomic E-state index is 0.193. The summed E-state index contributed by atoms with van der Waals surface area (Å²) in [7, 11) is 0. The largest absolute Gasteiger partial charge is 0.489 e. The van der Waals surface area contributed by atoms with Crippen LogP contribution in [0.3, 0.4) is 0 Å². The summed E-state index contributed by atoms with van der Waals surface area (Å²) in [5.74, 6) is 0.723. The van der Waals surface area contributed by atoms with Gasteiger partial charge in [-0.1, -0.05) is 60.7 Å². The van der Waals surface area contributed by atoms with Crippen molar-refractivity contribution < 1.29 is 23.8 Å². The molecule has 6 nitrogen and oxygen atoms in total. The van der Waals surface area contributed by atoms with Crippen molar-refractivity contribution in [1.82, 2.24) is 5.32 Å². The van der Waals surface area contributed by atoms with Crippen molar-refractivity contribution in [2.45, 2.75) is 71.6 Å². The van der Waals surface area contributed by atoms with E-state index in [0.29, 0.717) is 25.5 Å². The second kappa shape index (κ2) is 12.2. The van der Waals surface area contributed by atoms with E-state index in [1.54, 1.807) is 6.92 Å². The lowest BCUT2D eigenvalue weighted by Crippen LogP contribution is -2.32. The Labute approximate surface area is 225 Å². The van der Waals surface area contributed by atoms with E-state index in [-0.39, 0.29) is 18.3 Å². The second-order valence-corrected chi connectivity index (χ2v) is 10.6. The summed E-state index contributed by atoms with van der Waals surface area (Å²) in [6.07, 6.45) is 1.79. The first-order valence-electron chi connectivity index (χ1n) is 13.3. The van der Waals surface area contributed by atoms with Crippen LogP contribution in [-0.4, -0.2) is 24.3 Å². The Hall–Kier alpha value is -3.80. The van der Waals surface area contributed by atoms with E-state index < -0.39 is 11.7 Å². The molecule has 0 aliphatic heterocycles. The number of benzene rings is 3. The fourth-order valence-electron chi connectivity index (χ4n) is 4.92. The van der Waals surface area contributed by atoms with Crippen LogP contribution < -0.4 is 10.1 Å². The SMILES string of the molecule is CCOC(=O)Cc1ccccc1OCc1ccc2c(c1)CCC2c1ccccc1CNC(=O)OC(C)(C)C. The fraction of sp³-hybridized carbons (Fsp3) is 0.375. The molecule has 0 spiro atoms. The number of rotatable bonds is 9. The van der Waals surface area contributed by atoms with E-state index in [2.05, 4.69) is 41.7 Å². The molecule has 0 fully saturated rings. The van der Waals surface area contributed by atoms with Crippen LogP contribution in [0.1, 0.15) is 73.4 Å². The Morgan fingerprint density at radius 2 is 1.68 bits per heavy atom. The number of amides is 1. The first-order valence-corrected chi connectivity index (χ1v) is 13.3. The van der Waals surface area contributed by atoms with E-state index in [1.807, 2.05) is 51.1 Å². The molecule has 0 aromatic heterocycles. The maximum atomic E-state index is 12.2. The molecule has 1 aliphatic carbocycles. The van der Waals surface area contributed by atoms with Gasteiger partial charge in [0.15, 0.2) is 0 Å². The molecular weight excluding hydrogens is 478 g/mol. The molecule has 3 aromatic rings. The van der Waals surface area contributed by atoms with Crippen LogP contribution >= 0.6 is 0 Å². The molecule has 0 heterocycles. The third kappa shape index (κ3) is 7.15. The smallest absolute Gasteiger partial charge is 0.407 e. The molecule has 0 radical (unpaired) electrons. The van der Waals surface area contributed by atoms with Crippen LogP contribution in [0.2, 0.25) is 0 Å². The summed E-state index contributed by atoms with van der Waals surface area (Å²) in [6.45, 7) is 8.59. The van der Waals surface area contributed by atoms with Gasteiger partial charge in [0.2, 0.25) is 0 Å². The van der Waals surface area contributed by atoms with Crippen molar-refractivity contribution in [1.29, 1.82) is 0 Å². The lowest BCUT2D eigenvalue weighted by Gasteiger charge is -2.21. The molecule has 1 aliphatic rings. The third-order valence-corrected chi connectivity index (χ3v) is 6.54. The molecule has 0 saturated heterocycles. The number of fused-ring (bicyclic) bond motifs is 1. The minimum Gasteiger partial charge on any atom is -0.489 e. The van der Waals surface area contributed by atoms with Crippen molar-refractivity contribution >= 4 is 12.1 Å². The van der Waals surface area contributed by atoms with E-state index >= 15 is 0 Å². The fourth-order valence-corrected chi connectivity index (χ4v) is 4.92. The minimum atomic E-state index is -0.529. The van der Waals surface area contributed by atoms with Crippen molar-refractivity contribution in [2.75, 3.05) is 6.61 Å². The van der Waals surface area contributed by atoms with Crippen LogP contribution in [0.4, 0.5) is 4.79 Å². The van der Waals surface area contributed by atoms with Gasteiger partial charge < -0.3 is 19.5 Å². The zero-order valence-electron chi connectivity index (χ0n) is 22.7. The second-order valence-electron chi connectivity index (χ2n) is 10.6. The highest BCUT2D eigenvalue weighted by Crippen LogP contribution is 2.40. The van der Waals surface area contributed by atoms with Gasteiger partial charge in [0.05, 0.1) is 13.0 Å². The van der Waals surface area contributed by atoms with Gasteiger partial charge in [-0.25, -0.2) is 4.79 Å². The Morgan fingerprint density at radius 3 is 2.45 bits per heavy atom. The first-order chi connectivity index (χ1) is 18.2.